The lowest BCUT2D eigenvalue weighted by Crippen LogP contribution is -2.57. The van der Waals surface area contributed by atoms with Crippen molar-refractivity contribution < 1.29 is 18.9 Å². The van der Waals surface area contributed by atoms with Gasteiger partial charge in [-0.25, -0.2) is 0 Å². The molecule has 10 heteroatoms. The third kappa shape index (κ3) is 5.79. The Morgan fingerprint density at radius 1 is 0.543 bits per heavy atom. The van der Waals surface area contributed by atoms with Crippen LogP contribution in [-0.2, 0) is 0 Å². The molecule has 8 rings (SSSR count). The molecule has 6 heterocycles. The van der Waals surface area contributed by atoms with Crippen molar-refractivity contribution in [2.24, 2.45) is 9.98 Å². The largest absolute Gasteiger partial charge is 0.497 e. The number of fused-ring (bicyclic) bond motifs is 4. The van der Waals surface area contributed by atoms with Gasteiger partial charge in [0.2, 0.25) is 0 Å². The molecule has 4 saturated heterocycles. The molecule has 0 saturated carbocycles. The molecule has 2 aromatic rings. The first-order valence-corrected chi connectivity index (χ1v) is 16.8. The van der Waals surface area contributed by atoms with E-state index in [-0.39, 0.29) is 11.1 Å². The molecule has 0 aliphatic carbocycles. The lowest BCUT2D eigenvalue weighted by atomic mass is 9.83. The molecule has 2 aromatic carbocycles. The first-order chi connectivity index (χ1) is 22.2. The quantitative estimate of drug-likeness (QED) is 0.493. The summed E-state index contributed by atoms with van der Waals surface area (Å²) in [5, 5.41) is 7.52. The van der Waals surface area contributed by atoms with Crippen molar-refractivity contribution in [2.75, 3.05) is 55.6 Å². The van der Waals surface area contributed by atoms with Crippen LogP contribution in [0.5, 0.6) is 23.0 Å². The van der Waals surface area contributed by atoms with Crippen LogP contribution in [0.1, 0.15) is 62.5 Å². The Balaban J connectivity index is 0.000000147. The highest BCUT2D eigenvalue weighted by Crippen LogP contribution is 2.43. The van der Waals surface area contributed by atoms with Gasteiger partial charge < -0.3 is 39.4 Å². The van der Waals surface area contributed by atoms with Crippen LogP contribution in [0.4, 0.5) is 0 Å². The van der Waals surface area contributed by atoms with Crippen LogP contribution in [0.3, 0.4) is 0 Å². The number of hydrogen-bond acceptors (Lipinski definition) is 10. The highest BCUT2D eigenvalue weighted by atomic mass is 16.5. The van der Waals surface area contributed by atoms with Crippen molar-refractivity contribution in [3.05, 3.63) is 47.5 Å². The zero-order valence-electron chi connectivity index (χ0n) is 28.3. The summed E-state index contributed by atoms with van der Waals surface area (Å²) in [7, 11) is 11.3. The average molecular weight is 631 g/mol. The summed E-state index contributed by atoms with van der Waals surface area (Å²) in [6.45, 7) is 1.76. The van der Waals surface area contributed by atoms with Crippen molar-refractivity contribution in [1.29, 1.82) is 0 Å². The molecular formula is C36H50N6O4. The van der Waals surface area contributed by atoms with E-state index >= 15 is 0 Å². The fourth-order valence-electron chi connectivity index (χ4n) is 8.93. The molecule has 2 N–H and O–H groups in total. The van der Waals surface area contributed by atoms with Gasteiger partial charge in [-0.15, -0.1) is 0 Å². The minimum atomic E-state index is 0.143. The molecule has 2 spiro atoms. The topological polar surface area (TPSA) is 92.2 Å². The molecule has 2 unspecified atom stereocenters. The van der Waals surface area contributed by atoms with Crippen LogP contribution < -0.4 is 29.6 Å². The number of hydrogen-bond donors (Lipinski definition) is 2. The molecule has 248 valence electrons. The molecule has 4 bridgehead atoms. The minimum absolute atomic E-state index is 0.143. The summed E-state index contributed by atoms with van der Waals surface area (Å²) >= 11 is 0. The smallest absolute Gasteiger partial charge is 0.129 e. The highest BCUT2D eigenvalue weighted by Gasteiger charge is 2.50. The number of rotatable bonds is 6. The summed E-state index contributed by atoms with van der Waals surface area (Å²) in [5.41, 5.74) is 2.38. The molecular weight excluding hydrogens is 580 g/mol. The Morgan fingerprint density at radius 2 is 0.848 bits per heavy atom. The van der Waals surface area contributed by atoms with Crippen molar-refractivity contribution in [2.45, 2.75) is 86.6 Å². The Kier molecular flexibility index (Phi) is 8.30. The third-order valence-electron chi connectivity index (χ3n) is 11.6. The average Bonchev–Trinajstić information content (AvgIpc) is 3.78. The SMILES string of the molecule is COc1cc(OC)cc(C2=NCC3(C[C@H]4CC[C@@H](C3)N4C)N2)c1.COc1cc(OC)cc(C2=NCC3(C[C@H]4CC[C@@H](C3)N4C)N2)c1. The van der Waals surface area contributed by atoms with Gasteiger partial charge in [0.25, 0.3) is 0 Å². The summed E-state index contributed by atoms with van der Waals surface area (Å²) in [4.78, 5) is 14.8. The Morgan fingerprint density at radius 3 is 1.13 bits per heavy atom. The Labute approximate surface area is 273 Å². The van der Waals surface area contributed by atoms with Gasteiger partial charge in [-0.3, -0.25) is 9.98 Å². The van der Waals surface area contributed by atoms with Crippen LogP contribution >= 0.6 is 0 Å². The van der Waals surface area contributed by atoms with E-state index in [9.17, 15) is 0 Å². The Hall–Kier alpha value is -3.50. The number of nitrogens with one attached hydrogen (secondary N) is 2. The van der Waals surface area contributed by atoms with Crippen molar-refractivity contribution >= 4 is 11.7 Å². The second kappa shape index (κ2) is 12.3. The zero-order valence-corrected chi connectivity index (χ0v) is 28.3. The van der Waals surface area contributed by atoms with E-state index in [0.717, 1.165) is 58.9 Å². The van der Waals surface area contributed by atoms with Crippen LogP contribution in [0.2, 0.25) is 0 Å². The maximum absolute atomic E-state index is 5.38. The van der Waals surface area contributed by atoms with E-state index in [4.69, 9.17) is 28.9 Å². The standard InChI is InChI=1S/2C18H25N3O2/c2*1-21-13-4-5-14(21)10-18(9-13)11-19-17(20-18)12-6-15(22-2)8-16(7-12)23-3/h2*6-8,13-14H,4-5,9-11H2,1-3H3,(H,19,20)/t2*13-,14+,18?. The normalized spacial score (nSPS) is 32.7. The molecule has 4 fully saturated rings. The minimum Gasteiger partial charge on any atom is -0.497 e. The van der Waals surface area contributed by atoms with Crippen molar-refractivity contribution in [3.8, 4) is 23.0 Å². The van der Waals surface area contributed by atoms with Gasteiger partial charge in [-0.1, -0.05) is 0 Å². The van der Waals surface area contributed by atoms with E-state index in [1.54, 1.807) is 28.4 Å². The summed E-state index contributed by atoms with van der Waals surface area (Å²) in [6.07, 6.45) is 10.1. The predicted octanol–water partition coefficient (Wildman–Crippen LogP) is 4.10. The molecule has 6 aliphatic rings. The molecule has 0 aromatic heterocycles. The van der Waals surface area contributed by atoms with E-state index in [1.165, 1.54) is 51.4 Å². The monoisotopic (exact) mass is 630 g/mol. The first-order valence-electron chi connectivity index (χ1n) is 16.8. The summed E-state index contributed by atoms with van der Waals surface area (Å²) < 4.78 is 21.5. The second-order valence-electron chi connectivity index (χ2n) is 14.3. The van der Waals surface area contributed by atoms with Crippen LogP contribution in [0.15, 0.2) is 46.4 Å². The third-order valence-corrected chi connectivity index (χ3v) is 11.6. The molecule has 0 amide bonds. The number of ether oxygens (including phenoxy) is 4. The number of methoxy groups -OCH3 is 4. The molecule has 46 heavy (non-hydrogen) atoms. The predicted molar refractivity (Wildman–Crippen MR) is 181 cm³/mol. The summed E-state index contributed by atoms with van der Waals surface area (Å²) in [5.74, 6) is 5.15. The first kappa shape index (κ1) is 31.1. The number of nitrogens with zero attached hydrogens (tertiary/aromatic N) is 4. The highest BCUT2D eigenvalue weighted by molar-refractivity contribution is 6.02. The maximum Gasteiger partial charge on any atom is 0.129 e. The van der Waals surface area contributed by atoms with E-state index in [2.05, 4.69) is 34.5 Å². The number of piperidine rings is 2. The molecule has 6 aliphatic heterocycles. The van der Waals surface area contributed by atoms with Gasteiger partial charge in [-0.05, 0) is 89.7 Å². The number of aliphatic imine (C=N–C) groups is 2. The van der Waals surface area contributed by atoms with Crippen molar-refractivity contribution in [1.82, 2.24) is 20.4 Å². The van der Waals surface area contributed by atoms with Gasteiger partial charge in [-0.2, -0.15) is 0 Å². The van der Waals surface area contributed by atoms with Gasteiger partial charge in [0.15, 0.2) is 0 Å². The molecule has 0 radical (unpaired) electrons. The number of amidine groups is 2. The van der Waals surface area contributed by atoms with Crippen LogP contribution in [0.25, 0.3) is 0 Å². The van der Waals surface area contributed by atoms with E-state index < -0.39 is 0 Å². The lowest BCUT2D eigenvalue weighted by molar-refractivity contribution is 0.111. The maximum atomic E-state index is 5.38. The molecule has 10 nitrogen and oxygen atoms in total. The van der Waals surface area contributed by atoms with Gasteiger partial charge in [0, 0.05) is 47.4 Å². The van der Waals surface area contributed by atoms with E-state index in [1.807, 2.05) is 36.4 Å². The van der Waals surface area contributed by atoms with Crippen molar-refractivity contribution in [3.63, 3.8) is 0 Å². The number of benzene rings is 2. The zero-order chi connectivity index (χ0) is 32.1. The van der Waals surface area contributed by atoms with E-state index in [0.29, 0.717) is 24.2 Å². The van der Waals surface area contributed by atoms with Gasteiger partial charge >= 0.3 is 0 Å². The fraction of sp³-hybridized carbons (Fsp3) is 0.611. The van der Waals surface area contributed by atoms with Gasteiger partial charge in [0.05, 0.1) is 52.6 Å². The Bertz CT molecular complexity index is 1330. The summed E-state index contributed by atoms with van der Waals surface area (Å²) in [6, 6.07) is 14.7. The van der Waals surface area contributed by atoms with Crippen LogP contribution in [0, 0.1) is 0 Å². The lowest BCUT2D eigenvalue weighted by Gasteiger charge is -2.43. The van der Waals surface area contributed by atoms with Gasteiger partial charge in [0.1, 0.15) is 34.7 Å². The second-order valence-corrected chi connectivity index (χ2v) is 14.3. The van der Waals surface area contributed by atoms with Crippen LogP contribution in [-0.4, -0.2) is 112 Å². The fourth-order valence-corrected chi connectivity index (χ4v) is 8.93. The molecule has 6 atom stereocenters.